The van der Waals surface area contributed by atoms with Gasteiger partial charge >= 0.3 is 0 Å². The van der Waals surface area contributed by atoms with Crippen molar-refractivity contribution >= 4 is 16.0 Å². The Kier molecular flexibility index (Phi) is 4.09. The van der Waals surface area contributed by atoms with Gasteiger partial charge in [-0.15, -0.1) is 0 Å². The van der Waals surface area contributed by atoms with E-state index in [1.54, 1.807) is 6.92 Å². The molecule has 6 heteroatoms. The predicted molar refractivity (Wildman–Crippen MR) is 48.6 cm³/mol. The van der Waals surface area contributed by atoms with Crippen molar-refractivity contribution in [2.24, 2.45) is 0 Å². The fraction of sp³-hybridized carbons (Fsp3) is 0.571. The second-order valence-corrected chi connectivity index (χ2v) is 4.08. The summed E-state index contributed by atoms with van der Waals surface area (Å²) in [6.07, 6.45) is 0. The Labute approximate surface area is 77.6 Å². The maximum absolute atomic E-state index is 11.1. The van der Waals surface area contributed by atoms with Gasteiger partial charge in [0.15, 0.2) is 0 Å². The average Bonchev–Trinajstić information content (AvgIpc) is 2.00. The lowest BCUT2D eigenvalue weighted by molar-refractivity contribution is -0.117. The van der Waals surface area contributed by atoms with Crippen LogP contribution in [-0.4, -0.2) is 25.4 Å². The molecule has 0 rings (SSSR count). The molecule has 0 saturated heterocycles. The number of hydrogen-bond acceptors (Lipinski definition) is 3. The highest BCUT2D eigenvalue weighted by Crippen LogP contribution is 2.09. The fourth-order valence-electron chi connectivity index (χ4n) is 0.646. The Morgan fingerprint density at radius 2 is 1.85 bits per heavy atom. The molecule has 0 aromatic rings. The van der Waals surface area contributed by atoms with Gasteiger partial charge in [-0.05, 0) is 20.8 Å². The summed E-state index contributed by atoms with van der Waals surface area (Å²) in [5, 5.41) is 2.43. The van der Waals surface area contributed by atoms with Crippen LogP contribution < -0.4 is 5.32 Å². The first kappa shape index (κ1) is 12.1. The normalized spacial score (nSPS) is 13.5. The Bertz CT molecular complexity index is 328. The topological polar surface area (TPSA) is 83.5 Å². The summed E-state index contributed by atoms with van der Waals surface area (Å²) in [6, 6.07) is 0. The molecular formula is C7H13NO4S. The van der Waals surface area contributed by atoms with Crippen LogP contribution in [0.1, 0.15) is 20.8 Å². The monoisotopic (exact) mass is 207 g/mol. The molecular weight excluding hydrogens is 194 g/mol. The number of carbonyl (C=O) groups excluding carboxylic acids is 1. The van der Waals surface area contributed by atoms with E-state index in [2.05, 4.69) is 5.32 Å². The molecule has 0 aliphatic carbocycles. The molecule has 13 heavy (non-hydrogen) atoms. The number of carbonyl (C=O) groups is 1. The lowest BCUT2D eigenvalue weighted by Gasteiger charge is -2.04. The van der Waals surface area contributed by atoms with Crippen molar-refractivity contribution in [2.75, 3.05) is 6.54 Å². The van der Waals surface area contributed by atoms with Gasteiger partial charge in [-0.25, -0.2) is 0 Å². The fourth-order valence-corrected chi connectivity index (χ4v) is 1.13. The van der Waals surface area contributed by atoms with E-state index in [9.17, 15) is 13.2 Å². The zero-order chi connectivity index (χ0) is 10.6. The van der Waals surface area contributed by atoms with E-state index in [1.807, 2.05) is 0 Å². The van der Waals surface area contributed by atoms with Crippen LogP contribution in [0.15, 0.2) is 10.5 Å². The largest absolute Gasteiger partial charge is 0.353 e. The number of nitrogens with one attached hydrogen (secondary N) is 1. The molecule has 0 saturated carbocycles. The van der Waals surface area contributed by atoms with E-state index in [0.29, 0.717) is 6.54 Å². The summed E-state index contributed by atoms with van der Waals surface area (Å²) in [7, 11) is -4.25. The lowest BCUT2D eigenvalue weighted by atomic mass is 10.3. The van der Waals surface area contributed by atoms with Crippen molar-refractivity contribution in [2.45, 2.75) is 20.8 Å². The zero-order valence-electron chi connectivity index (χ0n) is 7.79. The van der Waals surface area contributed by atoms with Crippen LogP contribution in [0.2, 0.25) is 0 Å². The standard InChI is InChI=1S/C7H13NO4S/c1-4-8-7(9)5(2)6(3)13(10,11)12/h4H2,1-3H3,(H,8,9)(H,10,11,12)/b6-5-. The van der Waals surface area contributed by atoms with Gasteiger partial charge in [0.05, 0.1) is 4.91 Å². The Morgan fingerprint density at radius 1 is 1.38 bits per heavy atom. The van der Waals surface area contributed by atoms with Gasteiger partial charge < -0.3 is 5.32 Å². The number of rotatable bonds is 3. The average molecular weight is 207 g/mol. The van der Waals surface area contributed by atoms with Gasteiger partial charge in [-0.1, -0.05) is 0 Å². The van der Waals surface area contributed by atoms with Gasteiger partial charge in [0.1, 0.15) is 0 Å². The third-order valence-electron chi connectivity index (χ3n) is 1.59. The predicted octanol–water partition coefficient (Wildman–Crippen LogP) is 0.304. The molecule has 76 valence electrons. The maximum atomic E-state index is 11.1. The molecule has 2 N–H and O–H groups in total. The van der Waals surface area contributed by atoms with E-state index in [-0.39, 0.29) is 10.5 Å². The van der Waals surface area contributed by atoms with Crippen LogP contribution in [-0.2, 0) is 14.9 Å². The molecule has 0 unspecified atom stereocenters. The molecule has 0 spiro atoms. The summed E-state index contributed by atoms with van der Waals surface area (Å²) in [4.78, 5) is 10.8. The molecule has 0 radical (unpaired) electrons. The first-order valence-electron chi connectivity index (χ1n) is 3.73. The van der Waals surface area contributed by atoms with Crippen LogP contribution in [0.3, 0.4) is 0 Å². The molecule has 0 heterocycles. The molecule has 0 aliphatic heterocycles. The van der Waals surface area contributed by atoms with Crippen molar-refractivity contribution in [3.05, 3.63) is 10.5 Å². The SMILES string of the molecule is CCNC(=O)/C(C)=C(/C)S(=O)(=O)O. The van der Waals surface area contributed by atoms with E-state index < -0.39 is 16.0 Å². The molecule has 0 bridgehead atoms. The molecule has 1 amide bonds. The van der Waals surface area contributed by atoms with Crippen molar-refractivity contribution in [3.63, 3.8) is 0 Å². The highest BCUT2D eigenvalue weighted by atomic mass is 32.2. The molecule has 0 atom stereocenters. The maximum Gasteiger partial charge on any atom is 0.290 e. The summed E-state index contributed by atoms with van der Waals surface area (Å²) in [6.45, 7) is 4.65. The van der Waals surface area contributed by atoms with Crippen LogP contribution >= 0.6 is 0 Å². The van der Waals surface area contributed by atoms with E-state index in [0.717, 1.165) is 0 Å². The number of hydrogen-bond donors (Lipinski definition) is 2. The Morgan fingerprint density at radius 3 is 2.15 bits per heavy atom. The molecule has 0 fully saturated rings. The first-order chi connectivity index (χ1) is 5.80. The zero-order valence-corrected chi connectivity index (χ0v) is 8.60. The quantitative estimate of drug-likeness (QED) is 0.515. The summed E-state index contributed by atoms with van der Waals surface area (Å²) in [5.41, 5.74) is 0.00403. The highest BCUT2D eigenvalue weighted by molar-refractivity contribution is 7.89. The second kappa shape index (κ2) is 4.38. The second-order valence-electron chi connectivity index (χ2n) is 2.52. The van der Waals surface area contributed by atoms with Crippen LogP contribution in [0.25, 0.3) is 0 Å². The smallest absolute Gasteiger partial charge is 0.290 e. The van der Waals surface area contributed by atoms with Gasteiger partial charge in [0.25, 0.3) is 10.1 Å². The summed E-state index contributed by atoms with van der Waals surface area (Å²) < 4.78 is 29.8. The molecule has 0 aromatic carbocycles. The molecule has 0 aliphatic rings. The first-order valence-corrected chi connectivity index (χ1v) is 5.17. The van der Waals surface area contributed by atoms with Crippen LogP contribution in [0.4, 0.5) is 0 Å². The van der Waals surface area contributed by atoms with Crippen LogP contribution in [0, 0.1) is 0 Å². The number of allylic oxidation sites excluding steroid dienone is 1. The minimum absolute atomic E-state index is 0.00403. The lowest BCUT2D eigenvalue weighted by Crippen LogP contribution is -2.25. The number of likely N-dealkylation sites (N-methyl/N-ethyl adjacent to an activating group) is 1. The van der Waals surface area contributed by atoms with Crippen molar-refractivity contribution in [3.8, 4) is 0 Å². The van der Waals surface area contributed by atoms with Gasteiger partial charge in [0.2, 0.25) is 5.91 Å². The Hall–Kier alpha value is -0.880. The highest BCUT2D eigenvalue weighted by Gasteiger charge is 2.15. The minimum atomic E-state index is -4.25. The third-order valence-corrected chi connectivity index (χ3v) is 2.67. The van der Waals surface area contributed by atoms with E-state index in [1.165, 1.54) is 13.8 Å². The third kappa shape index (κ3) is 3.56. The minimum Gasteiger partial charge on any atom is -0.353 e. The summed E-state index contributed by atoms with van der Waals surface area (Å²) in [5.74, 6) is -0.488. The molecule has 5 nitrogen and oxygen atoms in total. The van der Waals surface area contributed by atoms with Gasteiger partial charge in [0, 0.05) is 12.1 Å². The van der Waals surface area contributed by atoms with Gasteiger partial charge in [-0.2, -0.15) is 8.42 Å². The van der Waals surface area contributed by atoms with E-state index >= 15 is 0 Å². The molecule has 0 aromatic heterocycles. The van der Waals surface area contributed by atoms with Gasteiger partial charge in [-0.3, -0.25) is 9.35 Å². The van der Waals surface area contributed by atoms with Crippen molar-refractivity contribution < 1.29 is 17.8 Å². The number of amides is 1. The van der Waals surface area contributed by atoms with E-state index in [4.69, 9.17) is 4.55 Å². The van der Waals surface area contributed by atoms with Crippen molar-refractivity contribution in [1.29, 1.82) is 0 Å². The summed E-state index contributed by atoms with van der Waals surface area (Å²) >= 11 is 0. The van der Waals surface area contributed by atoms with Crippen molar-refractivity contribution in [1.82, 2.24) is 5.32 Å². The van der Waals surface area contributed by atoms with Crippen LogP contribution in [0.5, 0.6) is 0 Å². The Balaban J connectivity index is 4.94.